The van der Waals surface area contributed by atoms with Crippen LogP contribution in [0.25, 0.3) is 0 Å². The molecule has 1 aromatic rings. The van der Waals surface area contributed by atoms with Crippen molar-refractivity contribution in [3.05, 3.63) is 29.6 Å². The molecule has 0 bridgehead atoms. The van der Waals surface area contributed by atoms with Crippen molar-refractivity contribution in [3.8, 4) is 5.75 Å². The predicted molar refractivity (Wildman–Crippen MR) is 86.4 cm³/mol. The normalized spacial score (nSPS) is 16.3. The summed E-state index contributed by atoms with van der Waals surface area (Å²) in [5.74, 6) is -0.638. The van der Waals surface area contributed by atoms with Crippen LogP contribution in [-0.4, -0.2) is 57.3 Å². The van der Waals surface area contributed by atoms with Crippen molar-refractivity contribution < 1.29 is 18.7 Å². The number of carbonyl (C=O) groups excluding carboxylic acids is 1. The lowest BCUT2D eigenvalue weighted by atomic mass is 10.1. The first kappa shape index (κ1) is 17.7. The quantitative estimate of drug-likeness (QED) is 0.780. The van der Waals surface area contributed by atoms with Crippen LogP contribution >= 0.6 is 0 Å². The van der Waals surface area contributed by atoms with Crippen LogP contribution in [-0.2, 0) is 4.74 Å². The van der Waals surface area contributed by atoms with Crippen LogP contribution in [0.1, 0.15) is 29.6 Å². The van der Waals surface area contributed by atoms with Gasteiger partial charge >= 0.3 is 0 Å². The molecule has 1 fully saturated rings. The lowest BCUT2D eigenvalue weighted by Gasteiger charge is -2.28. The molecule has 6 heteroatoms. The minimum absolute atomic E-state index is 0.0725. The molecule has 1 heterocycles. The van der Waals surface area contributed by atoms with E-state index >= 15 is 0 Å². The first-order valence-corrected chi connectivity index (χ1v) is 8.02. The van der Waals surface area contributed by atoms with Crippen LogP contribution in [0.3, 0.4) is 0 Å². The standard InChI is InChI=1S/C17H25FN2O3/c1-20-9-6-14(7-10-20)23-11-3-8-19-17(21)13-4-5-15(18)16(12-13)22-2/h4-5,12,14H,3,6-11H2,1-2H3,(H,19,21). The van der Waals surface area contributed by atoms with Gasteiger partial charge in [-0.1, -0.05) is 0 Å². The Bertz CT molecular complexity index is 517. The first-order valence-electron chi connectivity index (χ1n) is 8.02. The molecular formula is C17H25FN2O3. The molecule has 0 atom stereocenters. The van der Waals surface area contributed by atoms with Crippen molar-refractivity contribution in [3.63, 3.8) is 0 Å². The van der Waals surface area contributed by atoms with Crippen LogP contribution in [0.5, 0.6) is 5.75 Å². The van der Waals surface area contributed by atoms with Crippen molar-refractivity contribution in [1.82, 2.24) is 10.2 Å². The van der Waals surface area contributed by atoms with Gasteiger partial charge < -0.3 is 19.7 Å². The summed E-state index contributed by atoms with van der Waals surface area (Å²) in [6, 6.07) is 4.08. The highest BCUT2D eigenvalue weighted by Crippen LogP contribution is 2.18. The summed E-state index contributed by atoms with van der Waals surface area (Å²) in [7, 11) is 3.50. The number of rotatable bonds is 7. The lowest BCUT2D eigenvalue weighted by Crippen LogP contribution is -2.34. The molecule has 23 heavy (non-hydrogen) atoms. The number of hydrogen-bond donors (Lipinski definition) is 1. The number of amides is 1. The maximum Gasteiger partial charge on any atom is 0.251 e. The smallest absolute Gasteiger partial charge is 0.251 e. The molecule has 5 nitrogen and oxygen atoms in total. The summed E-state index contributed by atoms with van der Waals surface area (Å²) < 4.78 is 24.0. The Kier molecular flexibility index (Phi) is 6.80. The van der Waals surface area contributed by atoms with E-state index in [2.05, 4.69) is 17.3 Å². The van der Waals surface area contributed by atoms with Gasteiger partial charge in [0.2, 0.25) is 0 Å². The van der Waals surface area contributed by atoms with E-state index < -0.39 is 5.82 Å². The van der Waals surface area contributed by atoms with Gasteiger partial charge in [-0.05, 0) is 44.5 Å². The molecule has 0 aromatic heterocycles. The number of ether oxygens (including phenoxy) is 2. The molecule has 0 aliphatic carbocycles. The summed E-state index contributed by atoms with van der Waals surface area (Å²) in [6.45, 7) is 3.33. The van der Waals surface area contributed by atoms with Crippen molar-refractivity contribution >= 4 is 5.91 Å². The molecule has 1 saturated heterocycles. The first-order chi connectivity index (χ1) is 11.1. The summed E-state index contributed by atoms with van der Waals surface area (Å²) in [6.07, 6.45) is 3.23. The summed E-state index contributed by atoms with van der Waals surface area (Å²) in [4.78, 5) is 14.3. The topological polar surface area (TPSA) is 50.8 Å². The van der Waals surface area contributed by atoms with Gasteiger partial charge in [-0.2, -0.15) is 0 Å². The highest BCUT2D eigenvalue weighted by molar-refractivity contribution is 5.94. The Balaban J connectivity index is 1.65. The third-order valence-corrected chi connectivity index (χ3v) is 4.04. The minimum Gasteiger partial charge on any atom is -0.494 e. The van der Waals surface area contributed by atoms with E-state index in [1.54, 1.807) is 0 Å². The third kappa shape index (κ3) is 5.48. The second-order valence-electron chi connectivity index (χ2n) is 5.83. The van der Waals surface area contributed by atoms with E-state index in [0.717, 1.165) is 32.4 Å². The highest BCUT2D eigenvalue weighted by Gasteiger charge is 2.16. The fraction of sp³-hybridized carbons (Fsp3) is 0.588. The number of benzene rings is 1. The molecule has 0 saturated carbocycles. The van der Waals surface area contributed by atoms with Gasteiger partial charge in [0.15, 0.2) is 11.6 Å². The molecule has 2 rings (SSSR count). The van der Waals surface area contributed by atoms with E-state index in [9.17, 15) is 9.18 Å². The van der Waals surface area contributed by atoms with Crippen molar-refractivity contribution in [2.24, 2.45) is 0 Å². The van der Waals surface area contributed by atoms with Crippen LogP contribution in [0, 0.1) is 5.82 Å². The highest BCUT2D eigenvalue weighted by atomic mass is 19.1. The summed E-state index contributed by atoms with van der Waals surface area (Å²) in [5, 5.41) is 2.81. The van der Waals surface area contributed by atoms with Gasteiger partial charge in [0.25, 0.3) is 5.91 Å². The van der Waals surface area contributed by atoms with Crippen LogP contribution < -0.4 is 10.1 Å². The molecule has 128 valence electrons. The van der Waals surface area contributed by atoms with E-state index in [-0.39, 0.29) is 11.7 Å². The van der Waals surface area contributed by atoms with Crippen LogP contribution in [0.2, 0.25) is 0 Å². The molecule has 1 aromatic carbocycles. The zero-order valence-corrected chi connectivity index (χ0v) is 13.8. The van der Waals surface area contributed by atoms with E-state index in [1.165, 1.54) is 25.3 Å². The molecule has 0 unspecified atom stereocenters. The maximum atomic E-state index is 13.3. The van der Waals surface area contributed by atoms with Crippen molar-refractivity contribution in [1.29, 1.82) is 0 Å². The fourth-order valence-electron chi connectivity index (χ4n) is 2.58. The van der Waals surface area contributed by atoms with Crippen LogP contribution in [0.4, 0.5) is 4.39 Å². The monoisotopic (exact) mass is 324 g/mol. The average Bonchev–Trinajstić information content (AvgIpc) is 2.56. The van der Waals surface area contributed by atoms with Gasteiger partial charge in [-0.25, -0.2) is 4.39 Å². The number of nitrogens with one attached hydrogen (secondary N) is 1. The molecule has 1 amide bonds. The Hall–Kier alpha value is -1.66. The maximum absolute atomic E-state index is 13.3. The Morgan fingerprint density at radius 3 is 2.83 bits per heavy atom. The Morgan fingerprint density at radius 2 is 2.13 bits per heavy atom. The molecular weight excluding hydrogens is 299 g/mol. The number of halogens is 1. The second-order valence-corrected chi connectivity index (χ2v) is 5.83. The van der Waals surface area contributed by atoms with Gasteiger partial charge in [0.05, 0.1) is 13.2 Å². The number of piperidine rings is 1. The molecule has 0 spiro atoms. The number of carbonyl (C=O) groups is 1. The lowest BCUT2D eigenvalue weighted by molar-refractivity contribution is 0.0117. The number of nitrogens with zero attached hydrogens (tertiary/aromatic N) is 1. The third-order valence-electron chi connectivity index (χ3n) is 4.04. The van der Waals surface area contributed by atoms with Crippen molar-refractivity contribution in [2.75, 3.05) is 40.4 Å². The summed E-state index contributed by atoms with van der Waals surface area (Å²) in [5.41, 5.74) is 0.388. The largest absolute Gasteiger partial charge is 0.494 e. The SMILES string of the molecule is COc1cc(C(=O)NCCCOC2CCN(C)CC2)ccc1F. The minimum atomic E-state index is -0.476. The zero-order chi connectivity index (χ0) is 16.7. The predicted octanol–water partition coefficient (Wildman–Crippen LogP) is 2.06. The molecule has 1 N–H and O–H groups in total. The van der Waals surface area contributed by atoms with E-state index in [1.807, 2.05) is 0 Å². The Labute approximate surface area is 136 Å². The van der Waals surface area contributed by atoms with Gasteiger partial charge in [0, 0.05) is 31.8 Å². The molecule has 1 aliphatic heterocycles. The van der Waals surface area contributed by atoms with Gasteiger partial charge in [0.1, 0.15) is 0 Å². The van der Waals surface area contributed by atoms with Crippen molar-refractivity contribution in [2.45, 2.75) is 25.4 Å². The number of hydrogen-bond acceptors (Lipinski definition) is 4. The average molecular weight is 324 g/mol. The van der Waals surface area contributed by atoms with Crippen LogP contribution in [0.15, 0.2) is 18.2 Å². The molecule has 1 aliphatic rings. The van der Waals surface area contributed by atoms with E-state index in [4.69, 9.17) is 9.47 Å². The zero-order valence-electron chi connectivity index (χ0n) is 13.8. The number of likely N-dealkylation sites (tertiary alicyclic amines) is 1. The van der Waals surface area contributed by atoms with Gasteiger partial charge in [-0.3, -0.25) is 4.79 Å². The fourth-order valence-corrected chi connectivity index (χ4v) is 2.58. The Morgan fingerprint density at radius 1 is 1.39 bits per heavy atom. The molecule has 0 radical (unpaired) electrons. The van der Waals surface area contributed by atoms with E-state index in [0.29, 0.717) is 24.8 Å². The number of methoxy groups -OCH3 is 1. The van der Waals surface area contributed by atoms with Gasteiger partial charge in [-0.15, -0.1) is 0 Å². The summed E-state index contributed by atoms with van der Waals surface area (Å²) >= 11 is 0. The second kappa shape index (κ2) is 8.84.